The molecule has 0 radical (unpaired) electrons. The van der Waals surface area contributed by atoms with Gasteiger partial charge in [0.2, 0.25) is 0 Å². The Morgan fingerprint density at radius 2 is 1.83 bits per heavy atom. The standard InChI is InChI=1S/C19H21FN2O2/c1-12-9-15(10-13(2)21-12)19(24)22(17-7-8-17)11-18(23)14-3-5-16(20)6-4-14/h3-6,9-10,17-18,23H,7-8,11H2,1-2H3. The molecule has 5 heteroatoms. The lowest BCUT2D eigenvalue weighted by molar-refractivity contribution is 0.0603. The highest BCUT2D eigenvalue weighted by Crippen LogP contribution is 2.30. The molecule has 1 atom stereocenters. The van der Waals surface area contributed by atoms with Crippen LogP contribution >= 0.6 is 0 Å². The van der Waals surface area contributed by atoms with Crippen LogP contribution in [0, 0.1) is 19.7 Å². The van der Waals surface area contributed by atoms with Gasteiger partial charge in [-0.25, -0.2) is 4.39 Å². The minimum atomic E-state index is -0.834. The van der Waals surface area contributed by atoms with Gasteiger partial charge in [-0.3, -0.25) is 9.78 Å². The summed E-state index contributed by atoms with van der Waals surface area (Å²) in [5, 5.41) is 10.4. The zero-order chi connectivity index (χ0) is 17.3. The van der Waals surface area contributed by atoms with Crippen molar-refractivity contribution in [3.63, 3.8) is 0 Å². The number of nitrogens with zero attached hydrogens (tertiary/aromatic N) is 2. The van der Waals surface area contributed by atoms with Crippen molar-refractivity contribution in [3.05, 3.63) is 64.7 Å². The van der Waals surface area contributed by atoms with Crippen molar-refractivity contribution in [1.82, 2.24) is 9.88 Å². The van der Waals surface area contributed by atoms with Gasteiger partial charge in [-0.05, 0) is 56.5 Å². The van der Waals surface area contributed by atoms with Crippen LogP contribution in [0.5, 0.6) is 0 Å². The summed E-state index contributed by atoms with van der Waals surface area (Å²) < 4.78 is 13.0. The van der Waals surface area contributed by atoms with Gasteiger partial charge in [0.25, 0.3) is 5.91 Å². The van der Waals surface area contributed by atoms with E-state index in [-0.39, 0.29) is 24.3 Å². The number of rotatable bonds is 5. The molecule has 1 unspecified atom stereocenters. The van der Waals surface area contributed by atoms with Gasteiger partial charge in [-0.15, -0.1) is 0 Å². The summed E-state index contributed by atoms with van der Waals surface area (Å²) in [6.45, 7) is 3.92. The highest BCUT2D eigenvalue weighted by molar-refractivity contribution is 5.94. The molecule has 2 aromatic rings. The first-order chi connectivity index (χ1) is 11.4. The molecule has 0 spiro atoms. The van der Waals surface area contributed by atoms with E-state index in [4.69, 9.17) is 0 Å². The van der Waals surface area contributed by atoms with E-state index >= 15 is 0 Å². The lowest BCUT2D eigenvalue weighted by Crippen LogP contribution is -2.36. The molecule has 1 aliphatic carbocycles. The number of halogens is 1. The molecule has 3 rings (SSSR count). The zero-order valence-electron chi connectivity index (χ0n) is 13.9. The van der Waals surface area contributed by atoms with E-state index in [1.54, 1.807) is 29.2 Å². The van der Waals surface area contributed by atoms with Crippen molar-refractivity contribution in [2.45, 2.75) is 38.8 Å². The van der Waals surface area contributed by atoms with Crippen LogP contribution in [0.4, 0.5) is 4.39 Å². The lowest BCUT2D eigenvalue weighted by Gasteiger charge is -2.26. The Morgan fingerprint density at radius 3 is 2.38 bits per heavy atom. The van der Waals surface area contributed by atoms with Crippen LogP contribution in [0.15, 0.2) is 36.4 Å². The fraction of sp³-hybridized carbons (Fsp3) is 0.368. The third-order valence-corrected chi connectivity index (χ3v) is 4.20. The average molecular weight is 328 g/mol. The largest absolute Gasteiger partial charge is 0.387 e. The van der Waals surface area contributed by atoms with Crippen LogP contribution < -0.4 is 0 Å². The molecule has 0 aliphatic heterocycles. The van der Waals surface area contributed by atoms with E-state index < -0.39 is 6.10 Å². The number of carbonyl (C=O) groups is 1. The third-order valence-electron chi connectivity index (χ3n) is 4.20. The van der Waals surface area contributed by atoms with Gasteiger partial charge in [0.05, 0.1) is 12.6 Å². The summed E-state index contributed by atoms with van der Waals surface area (Å²) in [5.41, 5.74) is 2.80. The minimum Gasteiger partial charge on any atom is -0.387 e. The maximum Gasteiger partial charge on any atom is 0.254 e. The molecule has 1 saturated carbocycles. The summed E-state index contributed by atoms with van der Waals surface area (Å²) >= 11 is 0. The maximum absolute atomic E-state index is 13.0. The number of hydrogen-bond donors (Lipinski definition) is 1. The highest BCUT2D eigenvalue weighted by atomic mass is 19.1. The summed E-state index contributed by atoms with van der Waals surface area (Å²) in [4.78, 5) is 18.9. The topological polar surface area (TPSA) is 53.4 Å². The SMILES string of the molecule is Cc1cc(C(=O)N(CC(O)c2ccc(F)cc2)C2CC2)cc(C)n1. The predicted molar refractivity (Wildman–Crippen MR) is 89.1 cm³/mol. The Bertz CT molecular complexity index is 721. The molecule has 1 N–H and O–H groups in total. The van der Waals surface area contributed by atoms with E-state index in [1.165, 1.54) is 12.1 Å². The Morgan fingerprint density at radius 1 is 1.25 bits per heavy atom. The van der Waals surface area contributed by atoms with E-state index in [9.17, 15) is 14.3 Å². The Labute approximate surface area is 141 Å². The Kier molecular flexibility index (Phi) is 4.62. The number of aryl methyl sites for hydroxylation is 2. The number of hydrogen-bond acceptors (Lipinski definition) is 3. The van der Waals surface area contributed by atoms with Gasteiger partial charge >= 0.3 is 0 Å². The molecule has 1 amide bonds. The molecule has 1 aliphatic rings. The predicted octanol–water partition coefficient (Wildman–Crippen LogP) is 3.18. The van der Waals surface area contributed by atoms with Crippen molar-refractivity contribution in [1.29, 1.82) is 0 Å². The van der Waals surface area contributed by atoms with Crippen molar-refractivity contribution < 1.29 is 14.3 Å². The maximum atomic E-state index is 13.0. The van der Waals surface area contributed by atoms with Crippen molar-refractivity contribution in [3.8, 4) is 0 Å². The molecule has 0 saturated heterocycles. The van der Waals surface area contributed by atoms with Gasteiger partial charge in [0.15, 0.2) is 0 Å². The van der Waals surface area contributed by atoms with E-state index in [2.05, 4.69) is 4.98 Å². The number of aliphatic hydroxyl groups excluding tert-OH is 1. The fourth-order valence-corrected chi connectivity index (χ4v) is 2.88. The van der Waals surface area contributed by atoms with E-state index in [0.29, 0.717) is 11.1 Å². The van der Waals surface area contributed by atoms with Crippen LogP contribution in [0.3, 0.4) is 0 Å². The summed E-state index contributed by atoms with van der Waals surface area (Å²) in [5.74, 6) is -0.434. The van der Waals surface area contributed by atoms with Crippen molar-refractivity contribution >= 4 is 5.91 Å². The average Bonchev–Trinajstić information content (AvgIpc) is 3.36. The molecular weight excluding hydrogens is 307 g/mol. The second-order valence-electron chi connectivity index (χ2n) is 6.39. The molecule has 24 heavy (non-hydrogen) atoms. The van der Waals surface area contributed by atoms with Gasteiger partial charge in [0.1, 0.15) is 5.82 Å². The van der Waals surface area contributed by atoms with Crippen molar-refractivity contribution in [2.75, 3.05) is 6.54 Å². The molecule has 1 heterocycles. The minimum absolute atomic E-state index is 0.0905. The van der Waals surface area contributed by atoms with Gasteiger partial charge in [-0.1, -0.05) is 12.1 Å². The molecular formula is C19H21FN2O2. The van der Waals surface area contributed by atoms with Gasteiger partial charge in [0, 0.05) is 23.0 Å². The summed E-state index contributed by atoms with van der Waals surface area (Å²) in [6, 6.07) is 9.45. The first kappa shape index (κ1) is 16.6. The van der Waals surface area contributed by atoms with Crippen LogP contribution in [0.1, 0.15) is 46.3 Å². The number of pyridine rings is 1. The number of amides is 1. The van der Waals surface area contributed by atoms with Crippen molar-refractivity contribution in [2.24, 2.45) is 0 Å². The molecule has 1 fully saturated rings. The molecule has 1 aromatic carbocycles. The number of carbonyl (C=O) groups excluding carboxylic acids is 1. The smallest absolute Gasteiger partial charge is 0.254 e. The van der Waals surface area contributed by atoms with Crippen LogP contribution in [-0.2, 0) is 0 Å². The second-order valence-corrected chi connectivity index (χ2v) is 6.39. The quantitative estimate of drug-likeness (QED) is 0.917. The normalized spacial score (nSPS) is 15.2. The van der Waals surface area contributed by atoms with Gasteiger partial charge < -0.3 is 10.0 Å². The first-order valence-electron chi connectivity index (χ1n) is 8.14. The van der Waals surface area contributed by atoms with Crippen LogP contribution in [0.25, 0.3) is 0 Å². The molecule has 1 aromatic heterocycles. The Balaban J connectivity index is 1.79. The highest BCUT2D eigenvalue weighted by Gasteiger charge is 2.34. The lowest BCUT2D eigenvalue weighted by atomic mass is 10.1. The first-order valence-corrected chi connectivity index (χ1v) is 8.14. The molecule has 126 valence electrons. The molecule has 0 bridgehead atoms. The fourth-order valence-electron chi connectivity index (χ4n) is 2.88. The number of aliphatic hydroxyl groups is 1. The summed E-state index contributed by atoms with van der Waals surface area (Å²) in [7, 11) is 0. The molecule has 4 nitrogen and oxygen atoms in total. The van der Waals surface area contributed by atoms with Crippen LogP contribution in [-0.4, -0.2) is 33.5 Å². The van der Waals surface area contributed by atoms with E-state index in [1.807, 2.05) is 13.8 Å². The Hall–Kier alpha value is -2.27. The number of aromatic nitrogens is 1. The second kappa shape index (κ2) is 6.69. The zero-order valence-corrected chi connectivity index (χ0v) is 13.9. The summed E-state index contributed by atoms with van der Waals surface area (Å²) in [6.07, 6.45) is 1.06. The van der Waals surface area contributed by atoms with E-state index in [0.717, 1.165) is 24.2 Å². The van der Waals surface area contributed by atoms with Gasteiger partial charge in [-0.2, -0.15) is 0 Å². The third kappa shape index (κ3) is 3.79. The number of benzene rings is 1. The monoisotopic (exact) mass is 328 g/mol. The van der Waals surface area contributed by atoms with Crippen LogP contribution in [0.2, 0.25) is 0 Å².